The second-order valence-electron chi connectivity index (χ2n) is 7.95. The summed E-state index contributed by atoms with van der Waals surface area (Å²) in [6, 6.07) is 19.4. The molecule has 0 aliphatic carbocycles. The minimum Gasteiger partial charge on any atom is -0.378 e. The average molecular weight is 460 g/mol. The van der Waals surface area contributed by atoms with Crippen molar-refractivity contribution in [1.82, 2.24) is 15.4 Å². The van der Waals surface area contributed by atoms with Gasteiger partial charge in [-0.15, -0.1) is 0 Å². The Hall–Kier alpha value is -3.98. The van der Waals surface area contributed by atoms with Gasteiger partial charge in [-0.1, -0.05) is 48.0 Å². The van der Waals surface area contributed by atoms with Crippen LogP contribution in [0.5, 0.6) is 0 Å². The van der Waals surface area contributed by atoms with Crippen LogP contribution in [-0.2, 0) is 16.0 Å². The zero-order valence-electron chi connectivity index (χ0n) is 19.2. The zero-order valence-corrected chi connectivity index (χ0v) is 19.2. The summed E-state index contributed by atoms with van der Waals surface area (Å²) < 4.78 is 5.46. The van der Waals surface area contributed by atoms with Crippen LogP contribution in [0.3, 0.4) is 0 Å². The highest BCUT2D eigenvalue weighted by atomic mass is 16.5. The van der Waals surface area contributed by atoms with E-state index >= 15 is 0 Å². The molecule has 1 aliphatic rings. The van der Waals surface area contributed by atoms with Crippen molar-refractivity contribution in [2.75, 3.05) is 42.1 Å². The summed E-state index contributed by atoms with van der Waals surface area (Å²) in [5.74, 6) is 1.81. The first-order valence-electron chi connectivity index (χ1n) is 11.3. The minimum atomic E-state index is -0.142. The summed E-state index contributed by atoms with van der Waals surface area (Å²) >= 11 is 0. The number of morpholine rings is 1. The van der Waals surface area contributed by atoms with Gasteiger partial charge in [-0.3, -0.25) is 21.1 Å². The van der Waals surface area contributed by atoms with Gasteiger partial charge in [0.1, 0.15) is 11.6 Å². The third-order valence-corrected chi connectivity index (χ3v) is 5.22. The van der Waals surface area contributed by atoms with E-state index < -0.39 is 0 Å². The molecule has 9 heteroatoms. The number of rotatable bonds is 9. The first kappa shape index (κ1) is 23.2. The monoisotopic (exact) mass is 459 g/mol. The maximum absolute atomic E-state index is 12.3. The number of ether oxygens (including phenoxy) is 1. The third-order valence-electron chi connectivity index (χ3n) is 5.22. The summed E-state index contributed by atoms with van der Waals surface area (Å²) in [6.45, 7) is 4.86. The van der Waals surface area contributed by atoms with Crippen LogP contribution in [0.2, 0.25) is 0 Å². The molecular formula is C25H29N7O2. The van der Waals surface area contributed by atoms with Crippen LogP contribution in [0.1, 0.15) is 23.4 Å². The minimum absolute atomic E-state index is 0.142. The van der Waals surface area contributed by atoms with Gasteiger partial charge < -0.3 is 9.64 Å². The van der Waals surface area contributed by atoms with Crippen molar-refractivity contribution in [2.24, 2.45) is 5.10 Å². The summed E-state index contributed by atoms with van der Waals surface area (Å²) in [6.07, 6.45) is 2.40. The van der Waals surface area contributed by atoms with Crippen LogP contribution in [0.4, 0.5) is 17.3 Å². The third kappa shape index (κ3) is 7.01. The number of carbonyl (C=O) groups is 1. The van der Waals surface area contributed by atoms with Gasteiger partial charge >= 0.3 is 0 Å². The van der Waals surface area contributed by atoms with Gasteiger partial charge in [0, 0.05) is 32.0 Å². The van der Waals surface area contributed by atoms with Gasteiger partial charge in [0.25, 0.3) is 0 Å². The quantitative estimate of drug-likeness (QED) is 0.334. The van der Waals surface area contributed by atoms with Crippen LogP contribution in [-0.4, -0.2) is 48.4 Å². The molecule has 3 aromatic rings. The molecule has 1 amide bonds. The fraction of sp³-hybridized carbons (Fsp3) is 0.280. The molecule has 0 atom stereocenters. The predicted molar refractivity (Wildman–Crippen MR) is 134 cm³/mol. The number of aromatic nitrogens is 2. The van der Waals surface area contributed by atoms with Crippen LogP contribution < -0.4 is 21.2 Å². The number of hydrogen-bond donors (Lipinski definition) is 3. The van der Waals surface area contributed by atoms with Crippen LogP contribution in [0.25, 0.3) is 0 Å². The van der Waals surface area contributed by atoms with Crippen LogP contribution in [0.15, 0.2) is 65.8 Å². The van der Waals surface area contributed by atoms with Gasteiger partial charge in [0.15, 0.2) is 5.82 Å². The van der Waals surface area contributed by atoms with Gasteiger partial charge in [0.05, 0.1) is 25.1 Å². The number of aryl methyl sites for hydroxylation is 2. The smallest absolute Gasteiger partial charge is 0.238 e. The van der Waals surface area contributed by atoms with E-state index in [1.54, 1.807) is 6.21 Å². The lowest BCUT2D eigenvalue weighted by atomic mass is 10.2. The predicted octanol–water partition coefficient (Wildman–Crippen LogP) is 3.14. The Morgan fingerprint density at radius 3 is 2.71 bits per heavy atom. The Kier molecular flexibility index (Phi) is 8.02. The molecule has 0 spiro atoms. The number of hydrazone groups is 1. The molecule has 1 aromatic heterocycles. The highest BCUT2D eigenvalue weighted by molar-refractivity contribution is 5.80. The van der Waals surface area contributed by atoms with E-state index in [4.69, 9.17) is 9.72 Å². The van der Waals surface area contributed by atoms with E-state index in [-0.39, 0.29) is 12.3 Å². The fourth-order valence-corrected chi connectivity index (χ4v) is 3.48. The van der Waals surface area contributed by atoms with Crippen molar-refractivity contribution in [3.8, 4) is 0 Å². The van der Waals surface area contributed by atoms with Crippen molar-refractivity contribution in [1.29, 1.82) is 0 Å². The van der Waals surface area contributed by atoms with Crippen molar-refractivity contribution >= 4 is 29.4 Å². The molecule has 2 heterocycles. The van der Waals surface area contributed by atoms with E-state index in [9.17, 15) is 4.79 Å². The summed E-state index contributed by atoms with van der Waals surface area (Å²) in [5.41, 5.74) is 11.6. The van der Waals surface area contributed by atoms with E-state index in [1.807, 2.05) is 61.5 Å². The van der Waals surface area contributed by atoms with Crippen molar-refractivity contribution in [3.63, 3.8) is 0 Å². The summed E-state index contributed by atoms with van der Waals surface area (Å²) in [7, 11) is 0. The Morgan fingerprint density at radius 1 is 1.09 bits per heavy atom. The lowest BCUT2D eigenvalue weighted by molar-refractivity contribution is -0.120. The molecule has 0 saturated carbocycles. The molecule has 0 radical (unpaired) electrons. The molecule has 3 N–H and O–H groups in total. The van der Waals surface area contributed by atoms with Gasteiger partial charge in [-0.2, -0.15) is 5.10 Å². The maximum atomic E-state index is 12.3. The number of hydrogen-bond acceptors (Lipinski definition) is 8. The normalized spacial score (nSPS) is 13.6. The van der Waals surface area contributed by atoms with Gasteiger partial charge in [-0.05, 0) is 24.6 Å². The number of amides is 1. The largest absolute Gasteiger partial charge is 0.378 e. The lowest BCUT2D eigenvalue weighted by Crippen LogP contribution is -2.37. The standard InChI is InChI=1S/C25H29N7O2/c1-19-6-5-7-20(16-19)18-26-30-23-17-24(32-12-14-34-15-13-32)28-22(27-23)10-11-25(33)31-29-21-8-3-2-4-9-21/h2-9,16-18,29H,10-15H2,1H3,(H,31,33)(H,27,28,30). The van der Waals surface area contributed by atoms with E-state index in [0.29, 0.717) is 31.3 Å². The summed E-state index contributed by atoms with van der Waals surface area (Å²) in [5, 5.41) is 4.34. The van der Waals surface area contributed by atoms with E-state index in [1.165, 1.54) is 5.56 Å². The molecule has 1 aliphatic heterocycles. The Morgan fingerprint density at radius 2 is 1.91 bits per heavy atom. The number of nitrogens with one attached hydrogen (secondary N) is 3. The molecule has 1 fully saturated rings. The van der Waals surface area contributed by atoms with E-state index in [0.717, 1.165) is 30.2 Å². The lowest BCUT2D eigenvalue weighted by Gasteiger charge is -2.28. The number of benzene rings is 2. The van der Waals surface area contributed by atoms with Gasteiger partial charge in [0.2, 0.25) is 5.91 Å². The van der Waals surface area contributed by atoms with Crippen LogP contribution >= 0.6 is 0 Å². The van der Waals surface area contributed by atoms with Crippen molar-refractivity contribution < 1.29 is 9.53 Å². The molecule has 0 bridgehead atoms. The maximum Gasteiger partial charge on any atom is 0.238 e. The molecular weight excluding hydrogens is 430 g/mol. The number of anilines is 3. The molecule has 9 nitrogen and oxygen atoms in total. The van der Waals surface area contributed by atoms with E-state index in [2.05, 4.69) is 37.3 Å². The summed E-state index contributed by atoms with van der Waals surface area (Å²) in [4.78, 5) is 23.7. The number of carbonyl (C=O) groups excluding carboxylic acids is 1. The second-order valence-corrected chi connectivity index (χ2v) is 7.95. The van der Waals surface area contributed by atoms with Crippen molar-refractivity contribution in [2.45, 2.75) is 19.8 Å². The van der Waals surface area contributed by atoms with Gasteiger partial charge in [-0.25, -0.2) is 9.97 Å². The topological polar surface area (TPSA) is 104 Å². The Balaban J connectivity index is 1.41. The zero-order chi connectivity index (χ0) is 23.6. The molecule has 1 saturated heterocycles. The number of hydrazine groups is 1. The number of para-hydroxylation sites is 1. The number of nitrogens with zero attached hydrogens (tertiary/aromatic N) is 4. The molecule has 176 valence electrons. The molecule has 34 heavy (non-hydrogen) atoms. The second kappa shape index (κ2) is 11.8. The Labute approximate surface area is 199 Å². The first-order chi connectivity index (χ1) is 16.7. The molecule has 2 aromatic carbocycles. The Bertz CT molecular complexity index is 1120. The SMILES string of the molecule is Cc1cccc(C=NNc2cc(N3CCOCC3)nc(CCC(=O)NNc3ccccc3)n2)c1. The fourth-order valence-electron chi connectivity index (χ4n) is 3.48. The van der Waals surface area contributed by atoms with Crippen molar-refractivity contribution in [3.05, 3.63) is 77.6 Å². The highest BCUT2D eigenvalue weighted by Gasteiger charge is 2.15. The van der Waals surface area contributed by atoms with Crippen LogP contribution in [0, 0.1) is 6.92 Å². The average Bonchev–Trinajstić information content (AvgIpc) is 2.87. The molecule has 4 rings (SSSR count). The molecule has 0 unspecified atom stereocenters. The first-order valence-corrected chi connectivity index (χ1v) is 11.3. The highest BCUT2D eigenvalue weighted by Crippen LogP contribution is 2.18.